The molecule has 0 atom stereocenters. The van der Waals surface area contributed by atoms with Crippen LogP contribution in [0, 0.1) is 3.70 Å². The molecular formula is C14H11IN4O3. The van der Waals surface area contributed by atoms with E-state index < -0.39 is 6.29 Å². The molecule has 3 N–H and O–H groups in total. The highest BCUT2D eigenvalue weighted by Crippen LogP contribution is 2.28. The second-order valence-corrected chi connectivity index (χ2v) is 5.38. The molecule has 0 aliphatic rings. The van der Waals surface area contributed by atoms with Crippen LogP contribution in [0.15, 0.2) is 42.6 Å². The maximum Gasteiger partial charge on any atom is 0.267 e. The average molecular weight is 410 g/mol. The van der Waals surface area contributed by atoms with E-state index in [-0.39, 0.29) is 11.6 Å². The molecular weight excluding hydrogens is 399 g/mol. The van der Waals surface area contributed by atoms with Crippen molar-refractivity contribution in [1.29, 1.82) is 0 Å². The van der Waals surface area contributed by atoms with E-state index in [1.165, 1.54) is 0 Å². The molecule has 2 aromatic heterocycles. The van der Waals surface area contributed by atoms with Gasteiger partial charge in [0.25, 0.3) is 5.88 Å². The lowest BCUT2D eigenvalue weighted by atomic mass is 10.1. The van der Waals surface area contributed by atoms with E-state index in [2.05, 4.69) is 43.0 Å². The van der Waals surface area contributed by atoms with Crippen LogP contribution in [-0.4, -0.2) is 30.6 Å². The molecule has 3 rings (SSSR count). The van der Waals surface area contributed by atoms with E-state index in [4.69, 9.17) is 14.9 Å². The Hall–Kier alpha value is -2.04. The van der Waals surface area contributed by atoms with E-state index in [1.807, 2.05) is 24.3 Å². The number of hydrogen-bond donors (Lipinski definition) is 3. The Labute approximate surface area is 139 Å². The lowest BCUT2D eigenvalue weighted by Crippen LogP contribution is -1.98. The summed E-state index contributed by atoms with van der Waals surface area (Å²) in [5.74, 6) is 0.539. The summed E-state index contributed by atoms with van der Waals surface area (Å²) in [6, 6.07) is 11.2. The Balaban J connectivity index is 1.83. The van der Waals surface area contributed by atoms with Gasteiger partial charge in [-0.25, -0.2) is 4.98 Å². The summed E-state index contributed by atoms with van der Waals surface area (Å²) in [5.41, 5.74) is 1.97. The monoisotopic (exact) mass is 410 g/mol. The van der Waals surface area contributed by atoms with Crippen molar-refractivity contribution in [3.63, 3.8) is 0 Å². The third kappa shape index (κ3) is 3.08. The van der Waals surface area contributed by atoms with Crippen molar-refractivity contribution in [2.45, 2.75) is 6.29 Å². The number of halogens is 1. The predicted molar refractivity (Wildman–Crippen MR) is 86.0 cm³/mol. The Bertz CT molecular complexity index is 774. The van der Waals surface area contributed by atoms with E-state index in [9.17, 15) is 0 Å². The maximum absolute atomic E-state index is 9.14. The van der Waals surface area contributed by atoms with E-state index >= 15 is 0 Å². The first-order valence-electron chi connectivity index (χ1n) is 6.31. The number of pyridine rings is 1. The van der Waals surface area contributed by atoms with Gasteiger partial charge >= 0.3 is 0 Å². The minimum Gasteiger partial charge on any atom is -0.436 e. The molecule has 22 heavy (non-hydrogen) atoms. The maximum atomic E-state index is 9.14. The fourth-order valence-electron chi connectivity index (χ4n) is 1.89. The zero-order valence-corrected chi connectivity index (χ0v) is 13.3. The molecule has 0 aliphatic heterocycles. The summed E-state index contributed by atoms with van der Waals surface area (Å²) in [5, 5.41) is 27.9. The molecule has 0 aliphatic carbocycles. The van der Waals surface area contributed by atoms with Crippen molar-refractivity contribution in [3.8, 4) is 22.8 Å². The highest BCUT2D eigenvalue weighted by molar-refractivity contribution is 14.1. The predicted octanol–water partition coefficient (Wildman–Crippen LogP) is 2.25. The molecule has 2 heterocycles. The molecule has 0 unspecified atom stereocenters. The lowest BCUT2D eigenvalue weighted by Gasteiger charge is -2.07. The summed E-state index contributed by atoms with van der Waals surface area (Å²) in [7, 11) is 0. The summed E-state index contributed by atoms with van der Waals surface area (Å²) in [6.07, 6.45) is -0.000282. The normalized spacial score (nSPS) is 10.9. The SMILES string of the molecule is OC(O)c1n[nH]nc1Oc1ccc(-c2cccnc2I)cc1. The zero-order valence-electron chi connectivity index (χ0n) is 11.1. The second-order valence-electron chi connectivity index (χ2n) is 4.36. The van der Waals surface area contributed by atoms with E-state index in [1.54, 1.807) is 18.3 Å². The van der Waals surface area contributed by atoms with Crippen molar-refractivity contribution in [2.75, 3.05) is 0 Å². The molecule has 0 bridgehead atoms. The molecule has 7 nitrogen and oxygen atoms in total. The first-order valence-corrected chi connectivity index (χ1v) is 7.38. The number of aromatic nitrogens is 4. The Kier molecular flexibility index (Phi) is 4.32. The van der Waals surface area contributed by atoms with Crippen LogP contribution >= 0.6 is 22.6 Å². The minimum atomic E-state index is -1.75. The number of nitrogens with zero attached hydrogens (tertiary/aromatic N) is 3. The van der Waals surface area contributed by atoms with Crippen LogP contribution in [0.25, 0.3) is 11.1 Å². The summed E-state index contributed by atoms with van der Waals surface area (Å²) in [4.78, 5) is 4.25. The van der Waals surface area contributed by atoms with Crippen molar-refractivity contribution in [3.05, 3.63) is 52.0 Å². The van der Waals surface area contributed by atoms with Crippen molar-refractivity contribution >= 4 is 22.6 Å². The van der Waals surface area contributed by atoms with Crippen LogP contribution < -0.4 is 4.74 Å². The molecule has 0 saturated heterocycles. The van der Waals surface area contributed by atoms with Gasteiger partial charge in [-0.2, -0.15) is 10.3 Å². The summed E-state index contributed by atoms with van der Waals surface area (Å²) >= 11 is 2.18. The number of hydrogen-bond acceptors (Lipinski definition) is 6. The number of aliphatic hydroxyl groups is 2. The fourth-order valence-corrected chi connectivity index (χ4v) is 2.54. The highest BCUT2D eigenvalue weighted by Gasteiger charge is 2.16. The molecule has 0 fully saturated rings. The lowest BCUT2D eigenvalue weighted by molar-refractivity contribution is -0.0470. The van der Waals surface area contributed by atoms with Gasteiger partial charge < -0.3 is 14.9 Å². The van der Waals surface area contributed by atoms with Crippen LogP contribution in [-0.2, 0) is 0 Å². The van der Waals surface area contributed by atoms with Gasteiger partial charge in [-0.15, -0.1) is 5.10 Å². The zero-order chi connectivity index (χ0) is 15.5. The molecule has 112 valence electrons. The van der Waals surface area contributed by atoms with Gasteiger partial charge in [-0.05, 0) is 46.4 Å². The van der Waals surface area contributed by atoms with Gasteiger partial charge in [0.2, 0.25) is 6.29 Å². The summed E-state index contributed by atoms with van der Waals surface area (Å²) in [6.45, 7) is 0. The van der Waals surface area contributed by atoms with Gasteiger partial charge in [-0.3, -0.25) is 0 Å². The van der Waals surface area contributed by atoms with Gasteiger partial charge in [0, 0.05) is 11.8 Å². The number of aliphatic hydroxyl groups excluding tert-OH is 1. The Morgan fingerprint density at radius 3 is 2.55 bits per heavy atom. The first-order chi connectivity index (χ1) is 10.6. The molecule has 0 spiro atoms. The third-order valence-corrected chi connectivity index (χ3v) is 3.78. The van der Waals surface area contributed by atoms with Crippen LogP contribution in [0.4, 0.5) is 0 Å². The quantitative estimate of drug-likeness (QED) is 0.346. The van der Waals surface area contributed by atoms with Crippen LogP contribution in [0.2, 0.25) is 0 Å². The molecule has 1 aromatic carbocycles. The van der Waals surface area contributed by atoms with Gasteiger partial charge in [0.15, 0.2) is 5.69 Å². The topological polar surface area (TPSA) is 104 Å². The molecule has 3 aromatic rings. The van der Waals surface area contributed by atoms with Crippen molar-refractivity contribution in [2.24, 2.45) is 0 Å². The summed E-state index contributed by atoms with van der Waals surface area (Å²) < 4.78 is 6.40. The third-order valence-electron chi connectivity index (χ3n) is 2.92. The van der Waals surface area contributed by atoms with E-state index in [0.717, 1.165) is 14.8 Å². The van der Waals surface area contributed by atoms with Crippen molar-refractivity contribution < 1.29 is 14.9 Å². The number of aromatic amines is 1. The molecule has 0 amide bonds. The smallest absolute Gasteiger partial charge is 0.267 e. The molecule has 0 saturated carbocycles. The molecule has 0 radical (unpaired) electrons. The average Bonchev–Trinajstić information content (AvgIpc) is 2.97. The number of nitrogens with one attached hydrogen (secondary N) is 1. The molecule has 8 heteroatoms. The Morgan fingerprint density at radius 2 is 1.86 bits per heavy atom. The van der Waals surface area contributed by atoms with Gasteiger partial charge in [0.05, 0.1) is 0 Å². The Morgan fingerprint density at radius 1 is 1.09 bits per heavy atom. The number of rotatable bonds is 4. The highest BCUT2D eigenvalue weighted by atomic mass is 127. The van der Waals surface area contributed by atoms with Crippen LogP contribution in [0.1, 0.15) is 12.0 Å². The van der Waals surface area contributed by atoms with Crippen LogP contribution in [0.3, 0.4) is 0 Å². The number of ether oxygens (including phenoxy) is 1. The number of benzene rings is 1. The standard InChI is InChI=1S/C14H11IN4O3/c15-12-10(2-1-7-16-12)8-3-5-9(6-4-8)22-13-11(14(20)21)17-19-18-13/h1-7,14,20-21H,(H,17,18,19). The first kappa shape index (κ1) is 14.9. The largest absolute Gasteiger partial charge is 0.436 e. The van der Waals surface area contributed by atoms with Crippen LogP contribution in [0.5, 0.6) is 11.6 Å². The van der Waals surface area contributed by atoms with E-state index in [0.29, 0.717) is 5.75 Å². The van der Waals surface area contributed by atoms with Gasteiger partial charge in [0.1, 0.15) is 9.45 Å². The van der Waals surface area contributed by atoms with Gasteiger partial charge in [-0.1, -0.05) is 18.2 Å². The number of H-pyrrole nitrogens is 1. The van der Waals surface area contributed by atoms with Crippen molar-refractivity contribution in [1.82, 2.24) is 20.4 Å². The fraction of sp³-hybridized carbons (Fsp3) is 0.0714. The second kappa shape index (κ2) is 6.38. The minimum absolute atomic E-state index is 0.0266.